The molecule has 6 unspecified atom stereocenters. The Morgan fingerprint density at radius 1 is 0.526 bits per heavy atom. The van der Waals surface area contributed by atoms with Crippen LogP contribution in [0.1, 0.15) is 181 Å². The van der Waals surface area contributed by atoms with Crippen molar-refractivity contribution in [1.82, 2.24) is 0 Å². The van der Waals surface area contributed by atoms with E-state index in [1.54, 1.807) is 0 Å². The average molecular weight is 835 g/mol. The SMILES string of the molecule is CCCC/C=C/CCCCCCCCCCCC(=O)OC[C@@H](COP(=O)(O)OC1C(O)C(O)C(O)[C@H](O)C1O)OC(=O)CCCCCCC/C=C/CCCCCC. The van der Waals surface area contributed by atoms with Gasteiger partial charge in [0, 0.05) is 12.8 Å². The number of allylic oxidation sites excluding steroid dienone is 4. The Kier molecular flexibility index (Phi) is 31.9. The van der Waals surface area contributed by atoms with Gasteiger partial charge in [-0.2, -0.15) is 0 Å². The van der Waals surface area contributed by atoms with Gasteiger partial charge in [-0.15, -0.1) is 0 Å². The molecule has 0 aliphatic heterocycles. The van der Waals surface area contributed by atoms with E-state index < -0.39 is 75.7 Å². The largest absolute Gasteiger partial charge is 0.472 e. The Morgan fingerprint density at radius 2 is 0.912 bits per heavy atom. The monoisotopic (exact) mass is 835 g/mol. The van der Waals surface area contributed by atoms with E-state index in [-0.39, 0.29) is 12.8 Å². The molecule has 1 fully saturated rings. The summed E-state index contributed by atoms with van der Waals surface area (Å²) in [6, 6.07) is 0. The molecule has 334 valence electrons. The average Bonchev–Trinajstić information content (AvgIpc) is 3.19. The van der Waals surface area contributed by atoms with Gasteiger partial charge in [0.1, 0.15) is 43.2 Å². The van der Waals surface area contributed by atoms with Crippen LogP contribution in [-0.2, 0) is 32.7 Å². The summed E-state index contributed by atoms with van der Waals surface area (Å²) in [5, 5.41) is 50.1. The fraction of sp³-hybridized carbons (Fsp3) is 0.860. The highest BCUT2D eigenvalue weighted by Crippen LogP contribution is 2.47. The highest BCUT2D eigenvalue weighted by Gasteiger charge is 2.51. The zero-order valence-electron chi connectivity index (χ0n) is 35.1. The molecule has 13 nitrogen and oxygen atoms in total. The van der Waals surface area contributed by atoms with E-state index in [1.165, 1.54) is 77.0 Å². The standard InChI is InChI=1S/C43H79O13P/c1-3-5-7-9-11-13-15-17-18-20-21-23-25-27-29-31-36(44)53-33-35(34-54-57(51,52)56-43-41(49)39(47)38(46)40(48)42(43)50)55-37(45)32-30-28-26-24-22-19-16-14-12-10-8-6-4-2/h9,11,14,16,35,38-43,46-50H,3-8,10,12-13,15,17-34H2,1-2H3,(H,51,52)/b11-9+,16-14+/t35-,38?,39-,40?,41?,42?,43?/m0/s1. The highest BCUT2D eigenvalue weighted by molar-refractivity contribution is 7.47. The summed E-state index contributed by atoms with van der Waals surface area (Å²) >= 11 is 0. The fourth-order valence-electron chi connectivity index (χ4n) is 6.62. The molecule has 0 aromatic heterocycles. The third kappa shape index (κ3) is 26.9. The van der Waals surface area contributed by atoms with E-state index in [0.29, 0.717) is 12.8 Å². The van der Waals surface area contributed by atoms with E-state index in [4.69, 9.17) is 18.5 Å². The van der Waals surface area contributed by atoms with Gasteiger partial charge in [0.05, 0.1) is 6.61 Å². The van der Waals surface area contributed by atoms with E-state index in [2.05, 4.69) is 38.2 Å². The molecule has 0 bridgehead atoms. The van der Waals surface area contributed by atoms with Gasteiger partial charge in [-0.05, 0) is 57.8 Å². The minimum Gasteiger partial charge on any atom is -0.462 e. The van der Waals surface area contributed by atoms with Crippen molar-refractivity contribution in [1.29, 1.82) is 0 Å². The molecule has 0 aromatic rings. The number of rotatable bonds is 36. The summed E-state index contributed by atoms with van der Waals surface area (Å²) in [6.45, 7) is 3.24. The van der Waals surface area contributed by atoms with Crippen LogP contribution in [0, 0.1) is 0 Å². The summed E-state index contributed by atoms with van der Waals surface area (Å²) in [7, 11) is -5.11. The molecule has 0 amide bonds. The first-order chi connectivity index (χ1) is 27.4. The molecule has 1 aliphatic carbocycles. The number of unbranched alkanes of at least 4 members (excludes halogenated alkanes) is 20. The van der Waals surface area contributed by atoms with Crippen LogP contribution in [0.5, 0.6) is 0 Å². The first-order valence-electron chi connectivity index (χ1n) is 22.1. The number of carbonyl (C=O) groups is 2. The normalized spacial score (nSPS) is 22.9. The summed E-state index contributed by atoms with van der Waals surface area (Å²) in [6.07, 6.45) is 22.4. The van der Waals surface area contributed by atoms with Crippen LogP contribution < -0.4 is 0 Å². The summed E-state index contributed by atoms with van der Waals surface area (Å²) < 4.78 is 33.5. The number of carbonyl (C=O) groups excluding carboxylic acids is 2. The third-order valence-electron chi connectivity index (χ3n) is 10.3. The molecule has 0 spiro atoms. The molecule has 1 aliphatic rings. The summed E-state index contributed by atoms with van der Waals surface area (Å²) in [5.74, 6) is -1.11. The molecule has 14 heteroatoms. The van der Waals surface area contributed by atoms with E-state index in [9.17, 15) is 44.6 Å². The Balaban J connectivity index is 2.48. The number of aliphatic hydroxyl groups excluding tert-OH is 5. The summed E-state index contributed by atoms with van der Waals surface area (Å²) in [4.78, 5) is 35.6. The molecule has 0 saturated heterocycles. The highest BCUT2D eigenvalue weighted by atomic mass is 31.2. The van der Waals surface area contributed by atoms with Crippen molar-refractivity contribution in [3.8, 4) is 0 Å². The van der Waals surface area contributed by atoms with Crippen LogP contribution in [0.4, 0.5) is 0 Å². The van der Waals surface area contributed by atoms with Crippen molar-refractivity contribution < 1.29 is 63.1 Å². The molecule has 0 radical (unpaired) electrons. The minimum absolute atomic E-state index is 0.0877. The first kappa shape index (κ1) is 53.3. The lowest BCUT2D eigenvalue weighted by Gasteiger charge is -2.41. The van der Waals surface area contributed by atoms with Gasteiger partial charge >= 0.3 is 19.8 Å². The van der Waals surface area contributed by atoms with Gasteiger partial charge in [0.15, 0.2) is 6.10 Å². The van der Waals surface area contributed by atoms with Crippen molar-refractivity contribution in [2.75, 3.05) is 13.2 Å². The molecular formula is C43H79O13P. The first-order valence-corrected chi connectivity index (χ1v) is 23.6. The number of hydrogen-bond acceptors (Lipinski definition) is 12. The Labute approximate surface area is 343 Å². The van der Waals surface area contributed by atoms with Crippen molar-refractivity contribution in [3.05, 3.63) is 24.3 Å². The van der Waals surface area contributed by atoms with Crippen molar-refractivity contribution in [2.24, 2.45) is 0 Å². The maximum absolute atomic E-state index is 12.8. The van der Waals surface area contributed by atoms with Crippen LogP contribution >= 0.6 is 7.82 Å². The second-order valence-corrected chi connectivity index (χ2v) is 16.9. The van der Waals surface area contributed by atoms with Gasteiger partial charge < -0.3 is 39.9 Å². The van der Waals surface area contributed by atoms with Crippen LogP contribution in [0.15, 0.2) is 24.3 Å². The van der Waals surface area contributed by atoms with Crippen molar-refractivity contribution in [2.45, 2.75) is 224 Å². The topological polar surface area (TPSA) is 210 Å². The molecule has 0 heterocycles. The van der Waals surface area contributed by atoms with Gasteiger partial charge in [-0.25, -0.2) is 4.57 Å². The van der Waals surface area contributed by atoms with Gasteiger partial charge in [-0.3, -0.25) is 18.6 Å². The molecular weight excluding hydrogens is 755 g/mol. The van der Waals surface area contributed by atoms with Crippen LogP contribution in [0.25, 0.3) is 0 Å². The van der Waals surface area contributed by atoms with Crippen LogP contribution in [0.2, 0.25) is 0 Å². The zero-order valence-corrected chi connectivity index (χ0v) is 36.0. The fourth-order valence-corrected chi connectivity index (χ4v) is 7.59. The quantitative estimate of drug-likeness (QED) is 0.0153. The third-order valence-corrected chi connectivity index (χ3v) is 11.3. The Bertz CT molecular complexity index is 1100. The maximum Gasteiger partial charge on any atom is 0.472 e. The smallest absolute Gasteiger partial charge is 0.462 e. The van der Waals surface area contributed by atoms with Crippen molar-refractivity contribution in [3.63, 3.8) is 0 Å². The maximum atomic E-state index is 12.8. The number of hydrogen-bond donors (Lipinski definition) is 6. The molecule has 8 atom stereocenters. The lowest BCUT2D eigenvalue weighted by molar-refractivity contribution is -0.220. The predicted octanol–water partition coefficient (Wildman–Crippen LogP) is 8.06. The number of phosphoric ester groups is 1. The minimum atomic E-state index is -5.11. The molecule has 1 rings (SSSR count). The Morgan fingerprint density at radius 3 is 1.39 bits per heavy atom. The van der Waals surface area contributed by atoms with Crippen molar-refractivity contribution >= 4 is 19.8 Å². The second-order valence-electron chi connectivity index (χ2n) is 15.5. The van der Waals surface area contributed by atoms with E-state index >= 15 is 0 Å². The number of esters is 2. The lowest BCUT2D eigenvalue weighted by atomic mass is 9.85. The lowest BCUT2D eigenvalue weighted by Crippen LogP contribution is -2.64. The summed E-state index contributed by atoms with van der Waals surface area (Å²) in [5.41, 5.74) is 0. The van der Waals surface area contributed by atoms with E-state index in [0.717, 1.165) is 64.2 Å². The number of ether oxygens (including phenoxy) is 2. The zero-order chi connectivity index (χ0) is 42.2. The van der Waals surface area contributed by atoms with Crippen LogP contribution in [-0.4, -0.2) is 98.3 Å². The van der Waals surface area contributed by atoms with Crippen LogP contribution in [0.3, 0.4) is 0 Å². The molecule has 1 saturated carbocycles. The Hall–Kier alpha value is -1.67. The number of phosphoric acid groups is 1. The molecule has 0 aromatic carbocycles. The van der Waals surface area contributed by atoms with Gasteiger partial charge in [0.2, 0.25) is 0 Å². The molecule has 6 N–H and O–H groups in total. The van der Waals surface area contributed by atoms with Gasteiger partial charge in [-0.1, -0.05) is 134 Å². The van der Waals surface area contributed by atoms with Gasteiger partial charge in [0.25, 0.3) is 0 Å². The second kappa shape index (κ2) is 34.1. The molecule has 57 heavy (non-hydrogen) atoms. The number of aliphatic hydroxyl groups is 5. The predicted molar refractivity (Wildman–Crippen MR) is 221 cm³/mol. The van der Waals surface area contributed by atoms with E-state index in [1.807, 2.05) is 0 Å².